The van der Waals surface area contributed by atoms with Crippen LogP contribution >= 0.6 is 0 Å². The molecule has 2 fully saturated rings. The number of fused-ring (bicyclic) bond motifs is 1. The highest BCUT2D eigenvalue weighted by atomic mass is 16.3. The summed E-state index contributed by atoms with van der Waals surface area (Å²) in [6.45, 7) is 1.40. The molecule has 0 amide bonds. The first-order valence-corrected chi connectivity index (χ1v) is 9.18. The summed E-state index contributed by atoms with van der Waals surface area (Å²) in [4.78, 5) is 19.7. The minimum absolute atomic E-state index is 0.217. The van der Waals surface area contributed by atoms with Crippen LogP contribution < -0.4 is 4.90 Å². The van der Waals surface area contributed by atoms with Gasteiger partial charge in [0.2, 0.25) is 0 Å². The summed E-state index contributed by atoms with van der Waals surface area (Å²) in [5.74, 6) is 0.943. The molecule has 2 N–H and O–H groups in total. The molecule has 1 aliphatic heterocycles. The highest BCUT2D eigenvalue weighted by molar-refractivity contribution is 6.13. The number of benzene rings is 1. The number of hydrogen-bond acceptors (Lipinski definition) is 6. The standard InChI is InChI=1S/C21H21N3O3/c22-10-13-4-1-2-5-16(13)20(27)17-6-3-7-23-21(17)24-11-14-8-18(25)19(26)9-15(14)12-24/h1-7,14-15,18-19,25-26H,8-9,11-12H2/t14-,15+,18-,19-/m0/s1. The van der Waals surface area contributed by atoms with Crippen LogP contribution in [0.1, 0.15) is 34.3 Å². The second kappa shape index (κ2) is 7.10. The Labute approximate surface area is 157 Å². The van der Waals surface area contributed by atoms with E-state index in [4.69, 9.17) is 0 Å². The van der Waals surface area contributed by atoms with Gasteiger partial charge in [-0.15, -0.1) is 0 Å². The lowest BCUT2D eigenvalue weighted by molar-refractivity contribution is -0.0372. The summed E-state index contributed by atoms with van der Waals surface area (Å²) >= 11 is 0. The molecular weight excluding hydrogens is 342 g/mol. The van der Waals surface area contributed by atoms with Crippen molar-refractivity contribution in [1.29, 1.82) is 5.26 Å². The average molecular weight is 363 g/mol. The molecule has 6 heteroatoms. The van der Waals surface area contributed by atoms with Gasteiger partial charge in [0.05, 0.1) is 29.4 Å². The predicted octanol–water partition coefficient (Wildman–Crippen LogP) is 1.75. The molecule has 1 aromatic carbocycles. The van der Waals surface area contributed by atoms with Gasteiger partial charge in [0.25, 0.3) is 0 Å². The van der Waals surface area contributed by atoms with Crippen LogP contribution in [0.15, 0.2) is 42.6 Å². The first-order chi connectivity index (χ1) is 13.1. The Hall–Kier alpha value is -2.75. The number of nitrogens with zero attached hydrogens (tertiary/aromatic N) is 3. The van der Waals surface area contributed by atoms with Crippen LogP contribution in [-0.2, 0) is 0 Å². The average Bonchev–Trinajstić information content (AvgIpc) is 3.10. The van der Waals surface area contributed by atoms with E-state index in [1.54, 1.807) is 42.6 Å². The minimum Gasteiger partial charge on any atom is -0.390 e. The summed E-state index contributed by atoms with van der Waals surface area (Å²) < 4.78 is 0. The van der Waals surface area contributed by atoms with Crippen molar-refractivity contribution < 1.29 is 15.0 Å². The first-order valence-electron chi connectivity index (χ1n) is 9.18. The zero-order valence-electron chi connectivity index (χ0n) is 14.8. The maximum atomic E-state index is 13.1. The number of aliphatic hydroxyl groups is 2. The number of pyridine rings is 1. The number of anilines is 1. The number of carbonyl (C=O) groups is 1. The summed E-state index contributed by atoms with van der Waals surface area (Å²) in [5, 5.41) is 29.2. The molecule has 2 aromatic rings. The topological polar surface area (TPSA) is 97.5 Å². The van der Waals surface area contributed by atoms with Crippen molar-refractivity contribution in [2.75, 3.05) is 18.0 Å². The Morgan fingerprint density at radius 2 is 1.67 bits per heavy atom. The van der Waals surface area contributed by atoms with Gasteiger partial charge in [0, 0.05) is 24.8 Å². The summed E-state index contributed by atoms with van der Waals surface area (Å²) in [6.07, 6.45) is 1.43. The van der Waals surface area contributed by atoms with Crippen LogP contribution in [0.2, 0.25) is 0 Å². The lowest BCUT2D eigenvalue weighted by atomic mass is 9.79. The lowest BCUT2D eigenvalue weighted by Crippen LogP contribution is -2.38. The largest absolute Gasteiger partial charge is 0.390 e. The summed E-state index contributed by atoms with van der Waals surface area (Å²) in [5.41, 5.74) is 1.19. The number of hydrogen-bond donors (Lipinski definition) is 2. The van der Waals surface area contributed by atoms with E-state index in [-0.39, 0.29) is 17.6 Å². The van der Waals surface area contributed by atoms with Gasteiger partial charge >= 0.3 is 0 Å². The molecule has 1 aromatic heterocycles. The highest BCUT2D eigenvalue weighted by Crippen LogP contribution is 2.39. The third-order valence-corrected chi connectivity index (χ3v) is 5.73. The lowest BCUT2D eigenvalue weighted by Gasteiger charge is -2.31. The van der Waals surface area contributed by atoms with E-state index < -0.39 is 12.2 Å². The van der Waals surface area contributed by atoms with E-state index in [1.165, 1.54) is 0 Å². The Kier molecular flexibility index (Phi) is 4.65. The van der Waals surface area contributed by atoms with E-state index in [1.807, 2.05) is 0 Å². The molecule has 2 heterocycles. The van der Waals surface area contributed by atoms with Crippen molar-refractivity contribution in [3.63, 3.8) is 0 Å². The number of ketones is 1. The van der Waals surface area contributed by atoms with Gasteiger partial charge < -0.3 is 15.1 Å². The van der Waals surface area contributed by atoms with Gasteiger partial charge in [-0.3, -0.25) is 4.79 Å². The maximum Gasteiger partial charge on any atom is 0.198 e. The SMILES string of the molecule is N#Cc1ccccc1C(=O)c1cccnc1N1C[C@H]2C[C@H](O)[C@@H](O)C[C@H]2C1. The van der Waals surface area contributed by atoms with E-state index >= 15 is 0 Å². The molecule has 0 unspecified atom stereocenters. The smallest absolute Gasteiger partial charge is 0.198 e. The van der Waals surface area contributed by atoms with Crippen molar-refractivity contribution in [3.8, 4) is 6.07 Å². The molecule has 0 radical (unpaired) electrons. The molecule has 2 aliphatic rings. The van der Waals surface area contributed by atoms with Crippen LogP contribution in [0.3, 0.4) is 0 Å². The highest BCUT2D eigenvalue weighted by Gasteiger charge is 2.42. The molecule has 4 rings (SSSR count). The fourth-order valence-electron chi connectivity index (χ4n) is 4.33. The fourth-order valence-corrected chi connectivity index (χ4v) is 4.33. The number of nitriles is 1. The second-order valence-electron chi connectivity index (χ2n) is 7.39. The quantitative estimate of drug-likeness (QED) is 0.807. The molecule has 0 bridgehead atoms. The monoisotopic (exact) mass is 363 g/mol. The Morgan fingerprint density at radius 3 is 2.33 bits per heavy atom. The zero-order valence-corrected chi connectivity index (χ0v) is 14.8. The van der Waals surface area contributed by atoms with Gasteiger partial charge in [-0.25, -0.2) is 4.98 Å². The number of aromatic nitrogens is 1. The maximum absolute atomic E-state index is 13.1. The normalized spacial score (nSPS) is 27.1. The first kappa shape index (κ1) is 17.7. The molecule has 138 valence electrons. The van der Waals surface area contributed by atoms with E-state index in [0.29, 0.717) is 48.4 Å². The van der Waals surface area contributed by atoms with Crippen molar-refractivity contribution in [2.24, 2.45) is 11.8 Å². The molecular formula is C21H21N3O3. The van der Waals surface area contributed by atoms with Crippen LogP contribution in [-0.4, -0.2) is 46.3 Å². The molecule has 27 heavy (non-hydrogen) atoms. The fraction of sp³-hybridized carbons (Fsp3) is 0.381. The zero-order chi connectivity index (χ0) is 19.0. The predicted molar refractivity (Wildman–Crippen MR) is 99.3 cm³/mol. The van der Waals surface area contributed by atoms with Gasteiger partial charge in [0.15, 0.2) is 5.78 Å². The van der Waals surface area contributed by atoms with Crippen LogP contribution in [0.5, 0.6) is 0 Å². The van der Waals surface area contributed by atoms with E-state index in [2.05, 4.69) is 16.0 Å². The molecule has 0 spiro atoms. The third kappa shape index (κ3) is 3.20. The van der Waals surface area contributed by atoms with Crippen LogP contribution in [0.25, 0.3) is 0 Å². The van der Waals surface area contributed by atoms with Crippen molar-refractivity contribution in [1.82, 2.24) is 4.98 Å². The van der Waals surface area contributed by atoms with E-state index in [9.17, 15) is 20.3 Å². The molecule has 1 saturated carbocycles. The second-order valence-corrected chi connectivity index (χ2v) is 7.39. The summed E-state index contributed by atoms with van der Waals surface area (Å²) in [6, 6.07) is 12.3. The minimum atomic E-state index is -0.682. The van der Waals surface area contributed by atoms with E-state index in [0.717, 1.165) is 0 Å². The molecule has 6 nitrogen and oxygen atoms in total. The number of aliphatic hydroxyl groups excluding tert-OH is 2. The third-order valence-electron chi connectivity index (χ3n) is 5.73. The Balaban J connectivity index is 1.65. The summed E-state index contributed by atoms with van der Waals surface area (Å²) in [7, 11) is 0. The number of carbonyl (C=O) groups excluding carboxylic acids is 1. The molecule has 1 aliphatic carbocycles. The van der Waals surface area contributed by atoms with Gasteiger partial charge in [-0.2, -0.15) is 5.26 Å². The molecule has 4 atom stereocenters. The van der Waals surface area contributed by atoms with Crippen LogP contribution in [0, 0.1) is 23.2 Å². The van der Waals surface area contributed by atoms with Crippen molar-refractivity contribution in [2.45, 2.75) is 25.0 Å². The number of rotatable bonds is 3. The Bertz CT molecular complexity index is 890. The Morgan fingerprint density at radius 1 is 1.04 bits per heavy atom. The van der Waals surface area contributed by atoms with Crippen LogP contribution in [0.4, 0.5) is 5.82 Å². The van der Waals surface area contributed by atoms with Crippen molar-refractivity contribution >= 4 is 11.6 Å². The van der Waals surface area contributed by atoms with Crippen molar-refractivity contribution in [3.05, 3.63) is 59.3 Å². The molecule has 1 saturated heterocycles. The van der Waals surface area contributed by atoms with Gasteiger partial charge in [0.1, 0.15) is 5.82 Å². The van der Waals surface area contributed by atoms with Gasteiger partial charge in [-0.1, -0.05) is 12.1 Å². The van der Waals surface area contributed by atoms with Gasteiger partial charge in [-0.05, 0) is 48.9 Å².